The van der Waals surface area contributed by atoms with Gasteiger partial charge in [0.25, 0.3) is 0 Å². The van der Waals surface area contributed by atoms with Crippen molar-refractivity contribution in [3.8, 4) is 0 Å². The predicted octanol–water partition coefficient (Wildman–Crippen LogP) is 2.98. The Hall–Kier alpha value is -0.300. The number of hydrogen-bond acceptors (Lipinski definition) is 1. The van der Waals surface area contributed by atoms with Gasteiger partial charge in [0, 0.05) is 6.04 Å². The molecule has 0 aliphatic rings. The highest BCUT2D eigenvalue weighted by Crippen LogP contribution is 2.24. The minimum absolute atomic E-state index is 0.326. The van der Waals surface area contributed by atoms with Gasteiger partial charge in [-0.2, -0.15) is 0 Å². The highest BCUT2D eigenvalue weighted by atomic mass is 14.9. The SMILES string of the molecule is C=C(CC)CC(NC)C(C)(C)C. The summed E-state index contributed by atoms with van der Waals surface area (Å²) >= 11 is 0. The van der Waals surface area contributed by atoms with Crippen molar-refractivity contribution in [2.24, 2.45) is 5.41 Å². The molecule has 1 N–H and O–H groups in total. The molecular weight excluding hydrogens is 146 g/mol. The lowest BCUT2D eigenvalue weighted by Crippen LogP contribution is -2.38. The highest BCUT2D eigenvalue weighted by Gasteiger charge is 2.22. The van der Waals surface area contributed by atoms with Crippen LogP contribution < -0.4 is 5.32 Å². The number of nitrogens with one attached hydrogen (secondary N) is 1. The molecule has 1 heteroatoms. The van der Waals surface area contributed by atoms with Crippen LogP contribution in [0.25, 0.3) is 0 Å². The molecule has 1 unspecified atom stereocenters. The molecule has 72 valence electrons. The van der Waals surface area contributed by atoms with Gasteiger partial charge in [0.05, 0.1) is 0 Å². The van der Waals surface area contributed by atoms with Crippen LogP contribution in [0.5, 0.6) is 0 Å². The van der Waals surface area contributed by atoms with Crippen molar-refractivity contribution in [2.45, 2.75) is 46.6 Å². The largest absolute Gasteiger partial charge is 0.316 e. The molecule has 0 aliphatic carbocycles. The first-order valence-corrected chi connectivity index (χ1v) is 4.75. The molecule has 0 saturated carbocycles. The van der Waals surface area contributed by atoms with Gasteiger partial charge in [0.1, 0.15) is 0 Å². The third-order valence-corrected chi connectivity index (χ3v) is 2.39. The van der Waals surface area contributed by atoms with Gasteiger partial charge >= 0.3 is 0 Å². The van der Waals surface area contributed by atoms with Crippen molar-refractivity contribution in [1.82, 2.24) is 5.32 Å². The second kappa shape index (κ2) is 4.66. The van der Waals surface area contributed by atoms with E-state index in [0.717, 1.165) is 12.8 Å². The summed E-state index contributed by atoms with van der Waals surface area (Å²) in [6, 6.07) is 0.546. The molecule has 0 spiro atoms. The Balaban J connectivity index is 4.09. The Kier molecular flexibility index (Phi) is 4.54. The maximum absolute atomic E-state index is 4.03. The van der Waals surface area contributed by atoms with E-state index in [1.54, 1.807) is 0 Å². The maximum atomic E-state index is 4.03. The fourth-order valence-electron chi connectivity index (χ4n) is 1.27. The van der Waals surface area contributed by atoms with Crippen LogP contribution in [0.1, 0.15) is 40.5 Å². The second-order valence-electron chi connectivity index (χ2n) is 4.51. The van der Waals surface area contributed by atoms with E-state index in [1.165, 1.54) is 5.57 Å². The van der Waals surface area contributed by atoms with Gasteiger partial charge < -0.3 is 5.32 Å². The quantitative estimate of drug-likeness (QED) is 0.638. The molecule has 0 aromatic rings. The van der Waals surface area contributed by atoms with Crippen LogP contribution in [0.15, 0.2) is 12.2 Å². The Morgan fingerprint density at radius 3 is 2.17 bits per heavy atom. The van der Waals surface area contributed by atoms with Crippen molar-refractivity contribution in [1.29, 1.82) is 0 Å². The molecule has 1 nitrogen and oxygen atoms in total. The van der Waals surface area contributed by atoms with E-state index < -0.39 is 0 Å². The molecule has 0 aliphatic heterocycles. The van der Waals surface area contributed by atoms with Crippen LogP contribution in [0.3, 0.4) is 0 Å². The highest BCUT2D eigenvalue weighted by molar-refractivity contribution is 4.99. The third kappa shape index (κ3) is 3.91. The second-order valence-corrected chi connectivity index (χ2v) is 4.51. The smallest absolute Gasteiger partial charge is 0.0150 e. The van der Waals surface area contributed by atoms with Gasteiger partial charge in [-0.3, -0.25) is 0 Å². The lowest BCUT2D eigenvalue weighted by Gasteiger charge is -2.30. The zero-order chi connectivity index (χ0) is 9.78. The normalized spacial score (nSPS) is 14.4. The van der Waals surface area contributed by atoms with E-state index in [9.17, 15) is 0 Å². The summed E-state index contributed by atoms with van der Waals surface area (Å²) < 4.78 is 0. The monoisotopic (exact) mass is 169 g/mol. The molecular formula is C11H23N. The minimum Gasteiger partial charge on any atom is -0.316 e. The maximum Gasteiger partial charge on any atom is 0.0150 e. The Morgan fingerprint density at radius 2 is 1.92 bits per heavy atom. The third-order valence-electron chi connectivity index (χ3n) is 2.39. The Labute approximate surface area is 77.2 Å². The van der Waals surface area contributed by atoms with Crippen LogP contribution in [-0.2, 0) is 0 Å². The standard InChI is InChI=1S/C11H23N/c1-7-9(2)8-10(12-6)11(3,4)5/h10,12H,2,7-8H2,1,3-6H3. The van der Waals surface area contributed by atoms with Crippen LogP contribution >= 0.6 is 0 Å². The van der Waals surface area contributed by atoms with Gasteiger partial charge in [-0.15, -0.1) is 0 Å². The summed E-state index contributed by atoms with van der Waals surface area (Å²) in [5.74, 6) is 0. The Bertz CT molecular complexity index is 142. The van der Waals surface area contributed by atoms with E-state index in [-0.39, 0.29) is 0 Å². The molecule has 0 heterocycles. The summed E-state index contributed by atoms with van der Waals surface area (Å²) in [4.78, 5) is 0. The summed E-state index contributed by atoms with van der Waals surface area (Å²) in [7, 11) is 2.03. The van der Waals surface area contributed by atoms with E-state index >= 15 is 0 Å². The summed E-state index contributed by atoms with van der Waals surface area (Å²) in [5, 5.41) is 3.35. The molecule has 12 heavy (non-hydrogen) atoms. The van der Waals surface area contributed by atoms with Gasteiger partial charge in [0.15, 0.2) is 0 Å². The zero-order valence-electron chi connectivity index (χ0n) is 9.20. The predicted molar refractivity (Wildman–Crippen MR) is 56.4 cm³/mol. The molecule has 0 saturated heterocycles. The molecule has 0 aromatic carbocycles. The van der Waals surface area contributed by atoms with Gasteiger partial charge in [-0.05, 0) is 25.3 Å². The van der Waals surface area contributed by atoms with Crippen molar-refractivity contribution >= 4 is 0 Å². The van der Waals surface area contributed by atoms with Crippen molar-refractivity contribution in [3.63, 3.8) is 0 Å². The minimum atomic E-state index is 0.326. The Morgan fingerprint density at radius 1 is 1.42 bits per heavy atom. The molecule has 0 aromatic heterocycles. The van der Waals surface area contributed by atoms with Crippen molar-refractivity contribution in [3.05, 3.63) is 12.2 Å². The topological polar surface area (TPSA) is 12.0 Å². The van der Waals surface area contributed by atoms with Crippen LogP contribution in [0, 0.1) is 5.41 Å². The number of rotatable bonds is 4. The van der Waals surface area contributed by atoms with Crippen LogP contribution in [0.2, 0.25) is 0 Å². The lowest BCUT2D eigenvalue weighted by atomic mass is 9.83. The van der Waals surface area contributed by atoms with Crippen LogP contribution in [-0.4, -0.2) is 13.1 Å². The van der Waals surface area contributed by atoms with Crippen molar-refractivity contribution < 1.29 is 0 Å². The average Bonchev–Trinajstić information content (AvgIpc) is 1.97. The van der Waals surface area contributed by atoms with E-state index in [4.69, 9.17) is 0 Å². The average molecular weight is 169 g/mol. The molecule has 0 amide bonds. The molecule has 1 atom stereocenters. The fourth-order valence-corrected chi connectivity index (χ4v) is 1.27. The summed E-state index contributed by atoms with van der Waals surface area (Å²) in [5.41, 5.74) is 1.66. The summed E-state index contributed by atoms with van der Waals surface area (Å²) in [6.07, 6.45) is 2.19. The molecule has 0 fully saturated rings. The number of hydrogen-bond donors (Lipinski definition) is 1. The van der Waals surface area contributed by atoms with Gasteiger partial charge in [0.2, 0.25) is 0 Å². The van der Waals surface area contributed by atoms with Crippen LogP contribution in [0.4, 0.5) is 0 Å². The first-order valence-electron chi connectivity index (χ1n) is 4.75. The molecule has 0 rings (SSSR count). The van der Waals surface area contributed by atoms with Crippen molar-refractivity contribution in [2.75, 3.05) is 7.05 Å². The van der Waals surface area contributed by atoms with Gasteiger partial charge in [-0.25, -0.2) is 0 Å². The molecule has 0 bridgehead atoms. The lowest BCUT2D eigenvalue weighted by molar-refractivity contribution is 0.278. The fraction of sp³-hybridized carbons (Fsp3) is 0.818. The van der Waals surface area contributed by atoms with E-state index in [0.29, 0.717) is 11.5 Å². The van der Waals surface area contributed by atoms with E-state index in [2.05, 4.69) is 39.6 Å². The molecule has 0 radical (unpaired) electrons. The zero-order valence-corrected chi connectivity index (χ0v) is 9.20. The first kappa shape index (κ1) is 11.7. The van der Waals surface area contributed by atoms with E-state index in [1.807, 2.05) is 7.05 Å². The first-order chi connectivity index (χ1) is 5.41. The summed E-state index contributed by atoms with van der Waals surface area (Å²) in [6.45, 7) is 13.0. The van der Waals surface area contributed by atoms with Gasteiger partial charge in [-0.1, -0.05) is 39.8 Å².